The molecular weight excluding hydrogens is 366 g/mol. The van der Waals surface area contributed by atoms with Crippen molar-refractivity contribution in [2.45, 2.75) is 40.0 Å². The van der Waals surface area contributed by atoms with Crippen LogP contribution in [0.4, 0.5) is 0 Å². The van der Waals surface area contributed by atoms with Crippen LogP contribution in [0.15, 0.2) is 28.9 Å². The summed E-state index contributed by atoms with van der Waals surface area (Å²) in [6.45, 7) is 9.37. The van der Waals surface area contributed by atoms with E-state index in [0.717, 1.165) is 48.9 Å². The first-order chi connectivity index (χ1) is 14.0. The van der Waals surface area contributed by atoms with Crippen LogP contribution in [0.1, 0.15) is 38.3 Å². The number of carbonyl (C=O) groups is 1. The van der Waals surface area contributed by atoms with Crippen molar-refractivity contribution < 1.29 is 9.21 Å². The maximum Gasteiger partial charge on any atom is 0.266 e. The number of ketones is 1. The van der Waals surface area contributed by atoms with Crippen molar-refractivity contribution in [1.29, 1.82) is 0 Å². The summed E-state index contributed by atoms with van der Waals surface area (Å²) in [5.74, 6) is 2.00. The normalized spacial score (nSPS) is 16.0. The van der Waals surface area contributed by atoms with Crippen molar-refractivity contribution in [3.63, 3.8) is 0 Å². The van der Waals surface area contributed by atoms with Gasteiger partial charge in [-0.25, -0.2) is 0 Å². The Morgan fingerprint density at radius 1 is 1.14 bits per heavy atom. The van der Waals surface area contributed by atoms with E-state index in [4.69, 9.17) is 4.42 Å². The number of aromatic nitrogens is 4. The van der Waals surface area contributed by atoms with Gasteiger partial charge in [0.05, 0.1) is 0 Å². The van der Waals surface area contributed by atoms with E-state index < -0.39 is 0 Å². The Hall–Kier alpha value is -2.67. The number of piperidine rings is 1. The van der Waals surface area contributed by atoms with Crippen LogP contribution in [0, 0.1) is 18.8 Å². The molecule has 3 aromatic rings. The third-order valence-corrected chi connectivity index (χ3v) is 5.43. The Balaban J connectivity index is 1.44. The third-order valence-electron chi connectivity index (χ3n) is 5.43. The second-order valence-corrected chi connectivity index (χ2v) is 8.33. The van der Waals surface area contributed by atoms with Gasteiger partial charge in [-0.1, -0.05) is 13.8 Å². The maximum absolute atomic E-state index is 12.8. The van der Waals surface area contributed by atoms with E-state index in [9.17, 15) is 4.79 Å². The fraction of sp³-hybridized carbons (Fsp3) is 0.500. The SMILES string of the molecule is Cc1nnc(-c2cc3cc(CC(=O)C4CCN(CC(C)C)CC4)ncc3cn2)o1. The van der Waals surface area contributed by atoms with Crippen molar-refractivity contribution in [1.82, 2.24) is 25.1 Å². The van der Waals surface area contributed by atoms with Crippen LogP contribution in [0.5, 0.6) is 0 Å². The molecule has 152 valence electrons. The zero-order valence-electron chi connectivity index (χ0n) is 17.3. The Kier molecular flexibility index (Phi) is 5.67. The monoisotopic (exact) mass is 393 g/mol. The van der Waals surface area contributed by atoms with Crippen LogP contribution < -0.4 is 0 Å². The number of pyridine rings is 2. The van der Waals surface area contributed by atoms with Gasteiger partial charge in [-0.05, 0) is 49.4 Å². The van der Waals surface area contributed by atoms with Gasteiger partial charge in [-0.3, -0.25) is 14.8 Å². The highest BCUT2D eigenvalue weighted by Gasteiger charge is 2.25. The first-order valence-electron chi connectivity index (χ1n) is 10.3. The molecule has 1 fully saturated rings. The molecule has 0 spiro atoms. The van der Waals surface area contributed by atoms with E-state index in [1.807, 2.05) is 12.1 Å². The minimum absolute atomic E-state index is 0.144. The number of aryl methyl sites for hydroxylation is 1. The molecule has 4 heterocycles. The van der Waals surface area contributed by atoms with Gasteiger partial charge in [0.15, 0.2) is 0 Å². The van der Waals surface area contributed by atoms with Crippen molar-refractivity contribution in [2.24, 2.45) is 11.8 Å². The lowest BCUT2D eigenvalue weighted by molar-refractivity contribution is -0.123. The molecule has 0 saturated carbocycles. The van der Waals surface area contributed by atoms with Crippen molar-refractivity contribution in [2.75, 3.05) is 19.6 Å². The van der Waals surface area contributed by atoms with E-state index in [0.29, 0.717) is 35.6 Å². The summed E-state index contributed by atoms with van der Waals surface area (Å²) >= 11 is 0. The Morgan fingerprint density at radius 3 is 2.59 bits per heavy atom. The van der Waals surface area contributed by atoms with Crippen LogP contribution in [0.25, 0.3) is 22.4 Å². The minimum Gasteiger partial charge on any atom is -0.420 e. The zero-order valence-corrected chi connectivity index (χ0v) is 17.3. The van der Waals surface area contributed by atoms with Gasteiger partial charge in [-0.15, -0.1) is 10.2 Å². The number of nitrogens with zero attached hydrogens (tertiary/aromatic N) is 5. The van der Waals surface area contributed by atoms with E-state index in [1.165, 1.54) is 0 Å². The quantitative estimate of drug-likeness (QED) is 0.634. The maximum atomic E-state index is 12.8. The van der Waals surface area contributed by atoms with Gasteiger partial charge in [0.25, 0.3) is 5.89 Å². The highest BCUT2D eigenvalue weighted by molar-refractivity contribution is 5.87. The summed E-state index contributed by atoms with van der Waals surface area (Å²) in [4.78, 5) is 24.1. The molecule has 4 rings (SSSR count). The molecule has 0 radical (unpaired) electrons. The van der Waals surface area contributed by atoms with Crippen LogP contribution in [0.2, 0.25) is 0 Å². The predicted molar refractivity (Wildman–Crippen MR) is 110 cm³/mol. The van der Waals surface area contributed by atoms with E-state index in [1.54, 1.807) is 19.3 Å². The summed E-state index contributed by atoms with van der Waals surface area (Å²) in [6, 6.07) is 3.87. The zero-order chi connectivity index (χ0) is 20.4. The molecule has 3 aromatic heterocycles. The standard InChI is InChI=1S/C22H27N5O2/c1-14(2)13-27-6-4-16(5-7-27)21(28)10-19-8-17-9-20(22-26-25-15(3)29-22)24-12-18(17)11-23-19/h8-9,11-12,14,16H,4-7,10,13H2,1-3H3. The Labute approximate surface area is 170 Å². The van der Waals surface area contributed by atoms with Gasteiger partial charge in [0.1, 0.15) is 11.5 Å². The van der Waals surface area contributed by atoms with Crippen molar-refractivity contribution in [3.05, 3.63) is 36.1 Å². The number of hydrogen-bond donors (Lipinski definition) is 0. The van der Waals surface area contributed by atoms with Crippen LogP contribution in [-0.2, 0) is 11.2 Å². The molecule has 0 bridgehead atoms. The molecule has 0 unspecified atom stereocenters. The molecule has 1 saturated heterocycles. The molecule has 1 aliphatic rings. The van der Waals surface area contributed by atoms with Crippen LogP contribution >= 0.6 is 0 Å². The lowest BCUT2D eigenvalue weighted by Gasteiger charge is -2.32. The van der Waals surface area contributed by atoms with Gasteiger partial charge in [0.2, 0.25) is 5.89 Å². The lowest BCUT2D eigenvalue weighted by atomic mass is 9.89. The van der Waals surface area contributed by atoms with Gasteiger partial charge in [0, 0.05) is 49.3 Å². The number of Topliss-reactive ketones (excluding diaryl/α,β-unsaturated/α-hetero) is 1. The highest BCUT2D eigenvalue weighted by Crippen LogP contribution is 2.23. The van der Waals surface area contributed by atoms with Crippen LogP contribution in [0.3, 0.4) is 0 Å². The minimum atomic E-state index is 0.144. The number of rotatable bonds is 6. The van der Waals surface area contributed by atoms with Gasteiger partial charge in [-0.2, -0.15) is 0 Å². The fourth-order valence-corrected chi connectivity index (χ4v) is 3.97. The second-order valence-electron chi connectivity index (χ2n) is 8.33. The Morgan fingerprint density at radius 2 is 1.90 bits per heavy atom. The van der Waals surface area contributed by atoms with Crippen molar-refractivity contribution in [3.8, 4) is 11.6 Å². The summed E-state index contributed by atoms with van der Waals surface area (Å²) in [5.41, 5.74) is 1.42. The molecule has 0 N–H and O–H groups in total. The average molecular weight is 393 g/mol. The van der Waals surface area contributed by atoms with E-state index >= 15 is 0 Å². The smallest absolute Gasteiger partial charge is 0.266 e. The van der Waals surface area contributed by atoms with Gasteiger partial charge >= 0.3 is 0 Å². The summed E-state index contributed by atoms with van der Waals surface area (Å²) in [5, 5.41) is 9.77. The number of fused-ring (bicyclic) bond motifs is 1. The molecule has 7 nitrogen and oxygen atoms in total. The summed E-state index contributed by atoms with van der Waals surface area (Å²) < 4.78 is 5.47. The molecule has 0 atom stereocenters. The first-order valence-corrected chi connectivity index (χ1v) is 10.3. The van der Waals surface area contributed by atoms with Crippen molar-refractivity contribution >= 4 is 16.6 Å². The van der Waals surface area contributed by atoms with Gasteiger partial charge < -0.3 is 9.32 Å². The number of likely N-dealkylation sites (tertiary alicyclic amines) is 1. The number of hydrogen-bond acceptors (Lipinski definition) is 7. The molecular formula is C22H27N5O2. The second kappa shape index (κ2) is 8.37. The predicted octanol–water partition coefficient (Wildman–Crippen LogP) is 3.47. The molecule has 0 amide bonds. The molecule has 0 aliphatic carbocycles. The molecule has 1 aliphatic heterocycles. The van der Waals surface area contributed by atoms with E-state index in [-0.39, 0.29) is 5.92 Å². The topological polar surface area (TPSA) is 85.0 Å². The molecule has 7 heteroatoms. The van der Waals surface area contributed by atoms with E-state index in [2.05, 4.69) is 38.9 Å². The third kappa shape index (κ3) is 4.67. The molecule has 0 aromatic carbocycles. The highest BCUT2D eigenvalue weighted by atomic mass is 16.4. The fourth-order valence-electron chi connectivity index (χ4n) is 3.97. The average Bonchev–Trinajstić information content (AvgIpc) is 3.14. The molecule has 29 heavy (non-hydrogen) atoms. The summed E-state index contributed by atoms with van der Waals surface area (Å²) in [7, 11) is 0. The first kappa shape index (κ1) is 19.6. The Bertz CT molecular complexity index is 1010. The van der Waals surface area contributed by atoms with Crippen LogP contribution in [-0.4, -0.2) is 50.5 Å². The number of carbonyl (C=O) groups excluding carboxylic acids is 1. The summed E-state index contributed by atoms with van der Waals surface area (Å²) in [6.07, 6.45) is 5.79. The lowest BCUT2D eigenvalue weighted by Crippen LogP contribution is -2.38. The largest absolute Gasteiger partial charge is 0.420 e.